The van der Waals surface area contributed by atoms with Crippen molar-refractivity contribution in [1.82, 2.24) is 10.3 Å². The highest BCUT2D eigenvalue weighted by Crippen LogP contribution is 2.08. The van der Waals surface area contributed by atoms with Crippen LogP contribution in [0.25, 0.3) is 0 Å². The number of H-pyrrole nitrogens is 1. The Kier molecular flexibility index (Phi) is 4.10. The molecule has 5 nitrogen and oxygen atoms in total. The van der Waals surface area contributed by atoms with Gasteiger partial charge >= 0.3 is 5.97 Å². The van der Waals surface area contributed by atoms with E-state index in [-0.39, 0.29) is 5.92 Å². The van der Waals surface area contributed by atoms with Crippen molar-refractivity contribution >= 4 is 11.9 Å². The Morgan fingerprint density at radius 3 is 2.69 bits per heavy atom. The number of hydrogen-bond donors (Lipinski definition) is 3. The molecule has 1 rings (SSSR count). The van der Waals surface area contributed by atoms with E-state index in [4.69, 9.17) is 5.11 Å². The van der Waals surface area contributed by atoms with Crippen LogP contribution in [-0.4, -0.2) is 28.0 Å². The average Bonchev–Trinajstić information content (AvgIpc) is 2.77. The maximum Gasteiger partial charge on any atom is 0.326 e. The molecule has 2 atom stereocenters. The van der Waals surface area contributed by atoms with Crippen LogP contribution in [0.1, 0.15) is 30.8 Å². The Morgan fingerprint density at radius 1 is 1.56 bits per heavy atom. The summed E-state index contributed by atoms with van der Waals surface area (Å²) in [5.41, 5.74) is 0.370. The van der Waals surface area contributed by atoms with Crippen molar-refractivity contribution in [2.45, 2.75) is 26.3 Å². The highest BCUT2D eigenvalue weighted by molar-refractivity contribution is 5.95. The second-order valence-corrected chi connectivity index (χ2v) is 3.76. The molecule has 1 amide bonds. The van der Waals surface area contributed by atoms with E-state index in [2.05, 4.69) is 10.3 Å². The van der Waals surface area contributed by atoms with Crippen LogP contribution in [0.4, 0.5) is 0 Å². The van der Waals surface area contributed by atoms with Crippen LogP contribution in [-0.2, 0) is 4.79 Å². The summed E-state index contributed by atoms with van der Waals surface area (Å²) in [4.78, 5) is 25.3. The van der Waals surface area contributed by atoms with Gasteiger partial charge in [0.25, 0.3) is 5.91 Å². The minimum absolute atomic E-state index is 0.101. The molecule has 0 bridgehead atoms. The van der Waals surface area contributed by atoms with Crippen molar-refractivity contribution in [2.75, 3.05) is 0 Å². The van der Waals surface area contributed by atoms with E-state index in [1.54, 1.807) is 25.3 Å². The van der Waals surface area contributed by atoms with Gasteiger partial charge in [-0.1, -0.05) is 20.3 Å². The Morgan fingerprint density at radius 2 is 2.25 bits per heavy atom. The monoisotopic (exact) mass is 224 g/mol. The molecule has 0 radical (unpaired) electrons. The lowest BCUT2D eigenvalue weighted by Crippen LogP contribution is -2.45. The summed E-state index contributed by atoms with van der Waals surface area (Å²) in [6.07, 6.45) is 2.32. The van der Waals surface area contributed by atoms with Gasteiger partial charge in [-0.15, -0.1) is 0 Å². The minimum atomic E-state index is -1.01. The van der Waals surface area contributed by atoms with Gasteiger partial charge in [0.05, 0.1) is 0 Å². The molecule has 16 heavy (non-hydrogen) atoms. The van der Waals surface area contributed by atoms with Gasteiger partial charge in [-0.2, -0.15) is 0 Å². The molecular formula is C11H16N2O3. The zero-order valence-corrected chi connectivity index (χ0v) is 9.36. The Bertz CT molecular complexity index is 359. The molecular weight excluding hydrogens is 208 g/mol. The summed E-state index contributed by atoms with van der Waals surface area (Å²) >= 11 is 0. The van der Waals surface area contributed by atoms with Gasteiger partial charge in [0.2, 0.25) is 0 Å². The number of nitrogens with one attached hydrogen (secondary N) is 2. The van der Waals surface area contributed by atoms with Crippen molar-refractivity contribution in [2.24, 2.45) is 5.92 Å². The van der Waals surface area contributed by atoms with E-state index < -0.39 is 17.9 Å². The topological polar surface area (TPSA) is 82.2 Å². The Labute approximate surface area is 93.9 Å². The van der Waals surface area contributed by atoms with Crippen LogP contribution in [0, 0.1) is 5.92 Å². The van der Waals surface area contributed by atoms with E-state index in [1.165, 1.54) is 0 Å². The number of carboxylic acid groups (broad SMARTS) is 1. The average molecular weight is 224 g/mol. The summed E-state index contributed by atoms with van der Waals surface area (Å²) in [7, 11) is 0. The maximum absolute atomic E-state index is 11.6. The third kappa shape index (κ3) is 2.85. The maximum atomic E-state index is 11.6. The molecule has 0 saturated heterocycles. The number of carbonyl (C=O) groups is 2. The molecule has 0 aliphatic carbocycles. The van der Waals surface area contributed by atoms with Gasteiger partial charge in [0.1, 0.15) is 11.7 Å². The van der Waals surface area contributed by atoms with E-state index >= 15 is 0 Å². The molecule has 1 aromatic rings. The third-order valence-corrected chi connectivity index (χ3v) is 2.61. The predicted molar refractivity (Wildman–Crippen MR) is 59.1 cm³/mol. The van der Waals surface area contributed by atoms with Crippen LogP contribution in [0.2, 0.25) is 0 Å². The molecule has 1 heterocycles. The van der Waals surface area contributed by atoms with Gasteiger partial charge < -0.3 is 15.4 Å². The Balaban J connectivity index is 2.69. The lowest BCUT2D eigenvalue weighted by atomic mass is 9.99. The van der Waals surface area contributed by atoms with Gasteiger partial charge in [0.15, 0.2) is 0 Å². The number of amides is 1. The summed E-state index contributed by atoms with van der Waals surface area (Å²) < 4.78 is 0. The molecule has 0 spiro atoms. The first-order valence-electron chi connectivity index (χ1n) is 5.23. The number of carbonyl (C=O) groups excluding carboxylic acids is 1. The predicted octanol–water partition coefficient (Wildman–Crippen LogP) is 1.24. The van der Waals surface area contributed by atoms with Crippen LogP contribution < -0.4 is 5.32 Å². The molecule has 0 aliphatic rings. The van der Waals surface area contributed by atoms with Gasteiger partial charge in [-0.25, -0.2) is 4.79 Å². The van der Waals surface area contributed by atoms with Crippen molar-refractivity contribution in [3.63, 3.8) is 0 Å². The van der Waals surface area contributed by atoms with E-state index in [0.717, 1.165) is 0 Å². The first-order valence-corrected chi connectivity index (χ1v) is 5.23. The quantitative estimate of drug-likeness (QED) is 0.703. The third-order valence-electron chi connectivity index (χ3n) is 2.61. The number of aliphatic carboxylic acids is 1. The van der Waals surface area contributed by atoms with Crippen LogP contribution >= 0.6 is 0 Å². The van der Waals surface area contributed by atoms with Gasteiger partial charge in [0, 0.05) is 6.20 Å². The number of aromatic nitrogens is 1. The smallest absolute Gasteiger partial charge is 0.326 e. The summed E-state index contributed by atoms with van der Waals surface area (Å²) in [5.74, 6) is -1.50. The minimum Gasteiger partial charge on any atom is -0.480 e. The highest BCUT2D eigenvalue weighted by Gasteiger charge is 2.25. The molecule has 5 heteroatoms. The van der Waals surface area contributed by atoms with E-state index in [1.807, 2.05) is 6.92 Å². The molecule has 0 aliphatic heterocycles. The standard InChI is InChI=1S/C11H16N2O3/c1-3-7(2)9(11(15)16)13-10(14)8-5-4-6-12-8/h4-7,9,12H,3H2,1-2H3,(H,13,14)(H,15,16)/t7-,9-/m0/s1. The number of aromatic amines is 1. The summed E-state index contributed by atoms with van der Waals surface area (Å²) in [6.45, 7) is 3.69. The van der Waals surface area contributed by atoms with Crippen molar-refractivity contribution < 1.29 is 14.7 Å². The van der Waals surface area contributed by atoms with Gasteiger partial charge in [-0.3, -0.25) is 4.79 Å². The molecule has 0 unspecified atom stereocenters. The molecule has 0 fully saturated rings. The Hall–Kier alpha value is -1.78. The van der Waals surface area contributed by atoms with E-state index in [0.29, 0.717) is 12.1 Å². The first kappa shape index (κ1) is 12.3. The molecule has 3 N–H and O–H groups in total. The van der Waals surface area contributed by atoms with E-state index in [9.17, 15) is 9.59 Å². The van der Waals surface area contributed by atoms with Crippen LogP contribution in [0.15, 0.2) is 18.3 Å². The second kappa shape index (κ2) is 5.34. The van der Waals surface area contributed by atoms with Crippen molar-refractivity contribution in [1.29, 1.82) is 0 Å². The highest BCUT2D eigenvalue weighted by atomic mass is 16.4. The normalized spacial score (nSPS) is 14.1. The number of rotatable bonds is 5. The second-order valence-electron chi connectivity index (χ2n) is 3.76. The van der Waals surface area contributed by atoms with Crippen LogP contribution in [0.5, 0.6) is 0 Å². The fourth-order valence-electron chi connectivity index (χ4n) is 1.37. The zero-order chi connectivity index (χ0) is 12.1. The molecule has 0 aromatic carbocycles. The first-order chi connectivity index (χ1) is 7.56. The molecule has 1 aromatic heterocycles. The molecule has 88 valence electrons. The molecule has 0 saturated carbocycles. The lowest BCUT2D eigenvalue weighted by Gasteiger charge is -2.19. The lowest BCUT2D eigenvalue weighted by molar-refractivity contribution is -0.140. The number of hydrogen-bond acceptors (Lipinski definition) is 2. The largest absolute Gasteiger partial charge is 0.480 e. The van der Waals surface area contributed by atoms with Crippen LogP contribution in [0.3, 0.4) is 0 Å². The fourth-order valence-corrected chi connectivity index (χ4v) is 1.37. The van der Waals surface area contributed by atoms with Gasteiger partial charge in [-0.05, 0) is 18.1 Å². The summed E-state index contributed by atoms with van der Waals surface area (Å²) in [6, 6.07) is 2.44. The number of carboxylic acids is 1. The zero-order valence-electron chi connectivity index (χ0n) is 9.36. The van der Waals surface area contributed by atoms with Crippen molar-refractivity contribution in [3.8, 4) is 0 Å². The SMILES string of the molecule is CC[C@H](C)[C@H](NC(=O)c1ccc[nH]1)C(=O)O. The fraction of sp³-hybridized carbons (Fsp3) is 0.455. The van der Waals surface area contributed by atoms with Crippen molar-refractivity contribution in [3.05, 3.63) is 24.0 Å². The summed E-state index contributed by atoms with van der Waals surface area (Å²) in [5, 5.41) is 11.5.